The van der Waals surface area contributed by atoms with Gasteiger partial charge in [-0.15, -0.1) is 0 Å². The van der Waals surface area contributed by atoms with E-state index in [-0.39, 0.29) is 5.56 Å². The number of benzene rings is 1. The van der Waals surface area contributed by atoms with Crippen LogP contribution >= 0.6 is 0 Å². The molecule has 1 aliphatic rings. The van der Waals surface area contributed by atoms with Gasteiger partial charge in [0.2, 0.25) is 10.0 Å². The fourth-order valence-electron chi connectivity index (χ4n) is 2.50. The van der Waals surface area contributed by atoms with E-state index in [4.69, 9.17) is 9.84 Å². The summed E-state index contributed by atoms with van der Waals surface area (Å²) in [6.07, 6.45) is 1.21. The quantitative estimate of drug-likeness (QED) is 0.845. The molecule has 8 heteroatoms. The van der Waals surface area contributed by atoms with E-state index < -0.39 is 16.0 Å². The molecule has 0 amide bonds. The molecule has 2 rings (SSSR count). The molecule has 0 radical (unpaired) electrons. The van der Waals surface area contributed by atoms with E-state index in [1.165, 1.54) is 16.6 Å². The second kappa shape index (κ2) is 6.64. The molecule has 1 aromatic rings. The van der Waals surface area contributed by atoms with Crippen molar-refractivity contribution in [3.8, 4) is 5.75 Å². The lowest BCUT2D eigenvalue weighted by Crippen LogP contribution is -2.47. The first-order valence-corrected chi connectivity index (χ1v) is 8.74. The second-order valence-electron chi connectivity index (χ2n) is 5.27. The van der Waals surface area contributed by atoms with Crippen molar-refractivity contribution < 1.29 is 23.1 Å². The number of piperazine rings is 1. The number of hydrogen-bond acceptors (Lipinski definition) is 5. The Hall–Kier alpha value is -1.64. The van der Waals surface area contributed by atoms with Crippen molar-refractivity contribution in [2.75, 3.05) is 39.5 Å². The predicted octanol–water partition coefficient (Wildman–Crippen LogP) is 0.471. The summed E-state index contributed by atoms with van der Waals surface area (Å²) in [5.41, 5.74) is 1.00. The van der Waals surface area contributed by atoms with Gasteiger partial charge in [0.05, 0.1) is 18.9 Å². The molecule has 1 heterocycles. The second-order valence-corrected chi connectivity index (χ2v) is 7.25. The molecule has 1 aliphatic heterocycles. The van der Waals surface area contributed by atoms with Gasteiger partial charge in [0, 0.05) is 38.3 Å². The number of carboxylic acids is 1. The van der Waals surface area contributed by atoms with Crippen LogP contribution in [0.1, 0.15) is 15.9 Å². The van der Waals surface area contributed by atoms with Crippen molar-refractivity contribution >= 4 is 16.0 Å². The van der Waals surface area contributed by atoms with Gasteiger partial charge < -0.3 is 9.84 Å². The van der Waals surface area contributed by atoms with E-state index in [1.807, 2.05) is 0 Å². The largest absolute Gasteiger partial charge is 0.496 e. The summed E-state index contributed by atoms with van der Waals surface area (Å²) in [6, 6.07) is 4.75. The molecule has 1 saturated heterocycles. The smallest absolute Gasteiger partial charge is 0.335 e. The van der Waals surface area contributed by atoms with Crippen LogP contribution in [0.2, 0.25) is 0 Å². The highest BCUT2D eigenvalue weighted by atomic mass is 32.2. The Bertz CT molecular complexity index is 651. The normalized spacial score (nSPS) is 17.4. The van der Waals surface area contributed by atoms with Gasteiger partial charge in [0.25, 0.3) is 0 Å². The third kappa shape index (κ3) is 3.96. The van der Waals surface area contributed by atoms with Gasteiger partial charge in [0.15, 0.2) is 0 Å². The van der Waals surface area contributed by atoms with Gasteiger partial charge in [-0.1, -0.05) is 0 Å². The average Bonchev–Trinajstić information content (AvgIpc) is 2.46. The van der Waals surface area contributed by atoms with Gasteiger partial charge in [-0.25, -0.2) is 13.2 Å². The van der Waals surface area contributed by atoms with E-state index in [2.05, 4.69) is 4.90 Å². The molecular weight excluding hydrogens is 308 g/mol. The lowest BCUT2D eigenvalue weighted by Gasteiger charge is -2.33. The highest BCUT2D eigenvalue weighted by Gasteiger charge is 2.24. The molecule has 0 unspecified atom stereocenters. The lowest BCUT2D eigenvalue weighted by molar-refractivity contribution is 0.0696. The zero-order chi connectivity index (χ0) is 16.3. The van der Waals surface area contributed by atoms with Gasteiger partial charge in [-0.3, -0.25) is 4.90 Å². The van der Waals surface area contributed by atoms with Gasteiger partial charge in [-0.05, 0) is 18.2 Å². The first-order valence-electron chi connectivity index (χ1n) is 6.89. The van der Waals surface area contributed by atoms with Crippen LogP contribution < -0.4 is 4.74 Å². The molecule has 1 aromatic carbocycles. The molecule has 7 nitrogen and oxygen atoms in total. The SMILES string of the molecule is COc1ccc(C(=O)O)cc1CN1CCN(S(C)(=O)=O)CC1. The molecule has 122 valence electrons. The molecule has 0 bridgehead atoms. The lowest BCUT2D eigenvalue weighted by atomic mass is 10.1. The highest BCUT2D eigenvalue weighted by molar-refractivity contribution is 7.88. The fraction of sp³-hybridized carbons (Fsp3) is 0.500. The topological polar surface area (TPSA) is 87.2 Å². The summed E-state index contributed by atoms with van der Waals surface area (Å²) in [4.78, 5) is 13.2. The van der Waals surface area contributed by atoms with Crippen LogP contribution in [0.3, 0.4) is 0 Å². The maximum absolute atomic E-state index is 11.5. The van der Waals surface area contributed by atoms with Crippen molar-refractivity contribution in [1.82, 2.24) is 9.21 Å². The third-order valence-corrected chi connectivity index (χ3v) is 5.02. The summed E-state index contributed by atoms with van der Waals surface area (Å²) in [7, 11) is -1.61. The number of hydrogen-bond donors (Lipinski definition) is 1. The molecule has 22 heavy (non-hydrogen) atoms. The number of sulfonamides is 1. The van der Waals surface area contributed by atoms with Gasteiger partial charge in [-0.2, -0.15) is 4.31 Å². The zero-order valence-electron chi connectivity index (χ0n) is 12.7. The average molecular weight is 328 g/mol. The molecule has 0 aromatic heterocycles. The maximum atomic E-state index is 11.5. The minimum Gasteiger partial charge on any atom is -0.496 e. The van der Waals surface area contributed by atoms with E-state index >= 15 is 0 Å². The van der Waals surface area contributed by atoms with Gasteiger partial charge in [0.1, 0.15) is 5.75 Å². The van der Waals surface area contributed by atoms with Crippen LogP contribution in [0, 0.1) is 0 Å². The first-order chi connectivity index (χ1) is 10.3. The summed E-state index contributed by atoms with van der Waals surface area (Å²) >= 11 is 0. The summed E-state index contributed by atoms with van der Waals surface area (Å²) in [5, 5.41) is 9.08. The Kier molecular flexibility index (Phi) is 5.05. The number of ether oxygens (including phenoxy) is 1. The maximum Gasteiger partial charge on any atom is 0.335 e. The van der Waals surface area contributed by atoms with Crippen molar-refractivity contribution in [2.24, 2.45) is 0 Å². The molecular formula is C14H20N2O5S. The Morgan fingerprint density at radius 3 is 2.41 bits per heavy atom. The van der Waals surface area contributed by atoms with Gasteiger partial charge >= 0.3 is 5.97 Å². The van der Waals surface area contributed by atoms with Crippen molar-refractivity contribution in [3.05, 3.63) is 29.3 Å². The summed E-state index contributed by atoms with van der Waals surface area (Å²) < 4.78 is 29.7. The predicted molar refractivity (Wildman–Crippen MR) is 81.6 cm³/mol. The first kappa shape index (κ1) is 16.7. The Balaban J connectivity index is 2.08. The van der Waals surface area contributed by atoms with E-state index in [0.29, 0.717) is 38.5 Å². The standard InChI is InChI=1S/C14H20N2O5S/c1-21-13-4-3-11(14(17)18)9-12(13)10-15-5-7-16(8-6-15)22(2,19)20/h3-4,9H,5-8,10H2,1-2H3,(H,17,18). The van der Waals surface area contributed by atoms with Crippen LogP contribution in [-0.2, 0) is 16.6 Å². The van der Waals surface area contributed by atoms with Crippen molar-refractivity contribution in [2.45, 2.75) is 6.54 Å². The molecule has 0 saturated carbocycles. The molecule has 0 spiro atoms. The van der Waals surface area contributed by atoms with Crippen molar-refractivity contribution in [3.63, 3.8) is 0 Å². The number of carbonyl (C=O) groups is 1. The number of aromatic carboxylic acids is 1. The molecule has 1 N–H and O–H groups in total. The Morgan fingerprint density at radius 2 is 1.91 bits per heavy atom. The van der Waals surface area contributed by atoms with Crippen LogP contribution in [0.4, 0.5) is 0 Å². The summed E-state index contributed by atoms with van der Waals surface area (Å²) in [5.74, 6) is -0.346. The van der Waals surface area contributed by atoms with Crippen LogP contribution in [0.5, 0.6) is 5.75 Å². The molecule has 1 fully saturated rings. The highest BCUT2D eigenvalue weighted by Crippen LogP contribution is 2.22. The minimum absolute atomic E-state index is 0.213. The van der Waals surface area contributed by atoms with E-state index in [9.17, 15) is 13.2 Å². The Labute approximate surface area is 130 Å². The fourth-order valence-corrected chi connectivity index (χ4v) is 3.32. The van der Waals surface area contributed by atoms with Crippen LogP contribution in [-0.4, -0.2) is 68.2 Å². The number of rotatable bonds is 5. The van der Waals surface area contributed by atoms with E-state index in [0.717, 1.165) is 5.56 Å². The van der Waals surface area contributed by atoms with E-state index in [1.54, 1.807) is 19.2 Å². The monoisotopic (exact) mass is 328 g/mol. The number of nitrogens with zero attached hydrogens (tertiary/aromatic N) is 2. The molecule has 0 aliphatic carbocycles. The van der Waals surface area contributed by atoms with Crippen LogP contribution in [0.15, 0.2) is 18.2 Å². The third-order valence-electron chi connectivity index (χ3n) is 3.72. The Morgan fingerprint density at radius 1 is 1.27 bits per heavy atom. The number of carboxylic acid groups (broad SMARTS) is 1. The minimum atomic E-state index is -3.15. The summed E-state index contributed by atoms with van der Waals surface area (Å²) in [6.45, 7) is 2.63. The molecule has 0 atom stereocenters. The van der Waals surface area contributed by atoms with Crippen molar-refractivity contribution in [1.29, 1.82) is 0 Å². The zero-order valence-corrected chi connectivity index (χ0v) is 13.5. The van der Waals surface area contributed by atoms with Crippen LogP contribution in [0.25, 0.3) is 0 Å². The number of methoxy groups -OCH3 is 1.